The van der Waals surface area contributed by atoms with Crippen molar-refractivity contribution in [1.29, 1.82) is 0 Å². The molecule has 1 N–H and O–H groups in total. The van der Waals surface area contributed by atoms with E-state index in [1.54, 1.807) is 0 Å². The molecule has 9 nitrogen and oxygen atoms in total. The largest absolute Gasteiger partial charge is 0.573 e. The Labute approximate surface area is 263 Å². The average Bonchev–Trinajstić information content (AvgIpc) is 3.59. The van der Waals surface area contributed by atoms with Gasteiger partial charge in [0.25, 0.3) is 0 Å². The Bertz CT molecular complexity index is 1830. The van der Waals surface area contributed by atoms with E-state index >= 15 is 0 Å². The number of urea groups is 1. The van der Waals surface area contributed by atoms with Crippen molar-refractivity contribution in [2.24, 2.45) is 4.99 Å². The molecule has 3 aromatic carbocycles. The number of thioether (sulfide) groups is 1. The van der Waals surface area contributed by atoms with Crippen LogP contribution in [0.15, 0.2) is 65.9 Å². The molecule has 0 spiro atoms. The van der Waals surface area contributed by atoms with E-state index in [0.29, 0.717) is 11.4 Å². The third kappa shape index (κ3) is 7.59. The van der Waals surface area contributed by atoms with Gasteiger partial charge in [0.2, 0.25) is 5.91 Å². The highest BCUT2D eigenvalue weighted by Crippen LogP contribution is 2.34. The molecule has 1 aromatic heterocycles. The number of anilines is 2. The molecular formula is C31H25F5N6O3S. The molecule has 1 aliphatic heterocycles. The van der Waals surface area contributed by atoms with Crippen molar-refractivity contribution in [3.8, 4) is 11.4 Å². The number of carbonyl (C=O) groups is 2. The molecule has 15 heteroatoms. The van der Waals surface area contributed by atoms with Gasteiger partial charge in [-0.05, 0) is 78.1 Å². The normalized spacial score (nSPS) is 14.6. The van der Waals surface area contributed by atoms with Gasteiger partial charge in [0.15, 0.2) is 11.0 Å². The SMILES string of the molecule is Cc1ccc(C(C)C)c(N2C(=O)CSC2=NC(=O)Nc2c(F)cc(/C=C/c3ncn(-c4ccc(OC(F)(F)F)cc4)n3)cc2F)c1. The molecule has 0 saturated carbocycles. The van der Waals surface area contributed by atoms with Crippen molar-refractivity contribution in [1.82, 2.24) is 14.8 Å². The van der Waals surface area contributed by atoms with Crippen LogP contribution in [-0.2, 0) is 4.79 Å². The highest BCUT2D eigenvalue weighted by atomic mass is 32.2. The molecule has 2 heterocycles. The van der Waals surface area contributed by atoms with Crippen LogP contribution in [0.25, 0.3) is 17.8 Å². The first kappa shape index (κ1) is 32.3. The molecule has 0 unspecified atom stereocenters. The Balaban J connectivity index is 1.29. The molecular weight excluding hydrogens is 631 g/mol. The predicted molar refractivity (Wildman–Crippen MR) is 165 cm³/mol. The van der Waals surface area contributed by atoms with Gasteiger partial charge in [0, 0.05) is 0 Å². The fourth-order valence-electron chi connectivity index (χ4n) is 4.50. The Morgan fingerprint density at radius 1 is 1.07 bits per heavy atom. The number of nitrogens with zero attached hydrogens (tertiary/aromatic N) is 5. The lowest BCUT2D eigenvalue weighted by Gasteiger charge is -2.22. The minimum atomic E-state index is -4.82. The molecule has 238 valence electrons. The van der Waals surface area contributed by atoms with Crippen molar-refractivity contribution in [3.63, 3.8) is 0 Å². The highest BCUT2D eigenvalue weighted by molar-refractivity contribution is 8.15. The van der Waals surface area contributed by atoms with E-state index in [1.807, 2.05) is 39.0 Å². The van der Waals surface area contributed by atoms with E-state index in [4.69, 9.17) is 0 Å². The van der Waals surface area contributed by atoms with E-state index in [2.05, 4.69) is 25.1 Å². The van der Waals surface area contributed by atoms with Crippen LogP contribution in [0.3, 0.4) is 0 Å². The maximum atomic E-state index is 14.9. The number of amides is 3. The average molecular weight is 657 g/mol. The van der Waals surface area contributed by atoms with Crippen molar-refractivity contribution < 1.29 is 36.3 Å². The minimum Gasteiger partial charge on any atom is -0.406 e. The van der Waals surface area contributed by atoms with Gasteiger partial charge in [-0.3, -0.25) is 9.69 Å². The number of nitrogens with one attached hydrogen (secondary N) is 1. The summed E-state index contributed by atoms with van der Waals surface area (Å²) < 4.78 is 72.1. The van der Waals surface area contributed by atoms with Crippen molar-refractivity contribution in [2.45, 2.75) is 33.1 Å². The number of rotatable bonds is 7. The van der Waals surface area contributed by atoms with Crippen molar-refractivity contribution >= 4 is 52.4 Å². The first-order valence-corrected chi connectivity index (χ1v) is 14.7. The summed E-state index contributed by atoms with van der Waals surface area (Å²) in [5.41, 5.74) is 2.15. The molecule has 0 bridgehead atoms. The number of carbonyl (C=O) groups excluding carboxylic acids is 2. The monoisotopic (exact) mass is 656 g/mol. The zero-order chi connectivity index (χ0) is 33.2. The molecule has 1 aliphatic rings. The molecule has 0 radical (unpaired) electrons. The van der Waals surface area contributed by atoms with Crippen molar-refractivity contribution in [2.75, 3.05) is 16.0 Å². The van der Waals surface area contributed by atoms with Crippen LogP contribution in [0.1, 0.15) is 42.3 Å². The number of aromatic nitrogens is 3. The molecule has 1 saturated heterocycles. The van der Waals surface area contributed by atoms with Gasteiger partial charge in [-0.1, -0.05) is 43.8 Å². The lowest BCUT2D eigenvalue weighted by Crippen LogP contribution is -2.31. The van der Waals surface area contributed by atoms with Crippen LogP contribution < -0.4 is 15.0 Å². The minimum absolute atomic E-state index is 0.0532. The summed E-state index contributed by atoms with van der Waals surface area (Å²) in [5.74, 6) is -2.53. The summed E-state index contributed by atoms with van der Waals surface area (Å²) in [7, 11) is 0. The second-order valence-corrected chi connectivity index (χ2v) is 11.3. The third-order valence-electron chi connectivity index (χ3n) is 6.58. The van der Waals surface area contributed by atoms with Crippen molar-refractivity contribution in [3.05, 3.63) is 95.1 Å². The number of hydrogen-bond acceptors (Lipinski definition) is 6. The van der Waals surface area contributed by atoms with Gasteiger partial charge < -0.3 is 10.1 Å². The Morgan fingerprint density at radius 3 is 2.41 bits per heavy atom. The first-order chi connectivity index (χ1) is 21.8. The van der Waals surface area contributed by atoms with Crippen LogP contribution in [0, 0.1) is 18.6 Å². The summed E-state index contributed by atoms with van der Waals surface area (Å²) in [5, 5.41) is 6.39. The maximum absolute atomic E-state index is 14.9. The van der Waals surface area contributed by atoms with Gasteiger partial charge in [-0.2, -0.15) is 4.99 Å². The predicted octanol–water partition coefficient (Wildman–Crippen LogP) is 7.71. The summed E-state index contributed by atoms with van der Waals surface area (Å²) in [4.78, 5) is 34.9. The zero-order valence-corrected chi connectivity index (χ0v) is 25.3. The van der Waals surface area contributed by atoms with E-state index in [9.17, 15) is 31.5 Å². The number of aryl methyl sites for hydroxylation is 1. The van der Waals surface area contributed by atoms with Gasteiger partial charge in [-0.25, -0.2) is 23.2 Å². The van der Waals surface area contributed by atoms with E-state index in [-0.39, 0.29) is 34.1 Å². The quantitative estimate of drug-likeness (QED) is 0.205. The zero-order valence-electron chi connectivity index (χ0n) is 24.5. The number of ether oxygens (including phenoxy) is 1. The lowest BCUT2D eigenvalue weighted by atomic mass is 9.99. The molecule has 3 amide bonds. The van der Waals surface area contributed by atoms with Crippen LogP contribution in [0.2, 0.25) is 0 Å². The van der Waals surface area contributed by atoms with Crippen LogP contribution in [-0.4, -0.2) is 44.0 Å². The summed E-state index contributed by atoms with van der Waals surface area (Å²) >= 11 is 1.05. The molecule has 46 heavy (non-hydrogen) atoms. The van der Waals surface area contributed by atoms with Gasteiger partial charge in [0.1, 0.15) is 29.4 Å². The van der Waals surface area contributed by atoms with Crippen LogP contribution >= 0.6 is 11.8 Å². The Kier molecular flexibility index (Phi) is 9.23. The standard InChI is InChI=1S/C31H25F5N6O3S/c1-17(2)22-10-4-18(3)12-25(22)42-27(43)15-46-30(42)39-29(44)38-28-23(32)13-19(14-24(28)33)5-11-26-37-16-41(40-26)20-6-8-21(9-7-20)45-31(34,35)36/h4-14,16-17H,15H2,1-3H3,(H,38,44)/b11-5+,39-30?. The number of benzene rings is 3. The van der Waals surface area contributed by atoms with E-state index < -0.39 is 35.5 Å². The molecule has 4 aromatic rings. The highest BCUT2D eigenvalue weighted by Gasteiger charge is 2.33. The Hall–Kier alpha value is -5.05. The molecule has 1 fully saturated rings. The van der Waals surface area contributed by atoms with Gasteiger partial charge in [-0.15, -0.1) is 18.3 Å². The number of aliphatic imine (C=N–C) groups is 1. The summed E-state index contributed by atoms with van der Waals surface area (Å²) in [6.07, 6.45) is -0.803. The Morgan fingerprint density at radius 2 is 1.76 bits per heavy atom. The number of alkyl halides is 3. The smallest absolute Gasteiger partial charge is 0.406 e. The van der Waals surface area contributed by atoms with Gasteiger partial charge >= 0.3 is 12.4 Å². The molecule has 5 rings (SSSR count). The molecule has 0 atom stereocenters. The second-order valence-electron chi connectivity index (χ2n) is 10.3. The maximum Gasteiger partial charge on any atom is 0.573 e. The van der Waals surface area contributed by atoms with Crippen LogP contribution in [0.4, 0.5) is 38.1 Å². The van der Waals surface area contributed by atoms with E-state index in [1.165, 1.54) is 40.2 Å². The number of hydrogen-bond donors (Lipinski definition) is 1. The van der Waals surface area contributed by atoms with E-state index in [0.717, 1.165) is 47.2 Å². The van der Waals surface area contributed by atoms with Crippen LogP contribution in [0.5, 0.6) is 5.75 Å². The second kappa shape index (κ2) is 13.1. The summed E-state index contributed by atoms with van der Waals surface area (Å²) in [6, 6.07) is 11.5. The lowest BCUT2D eigenvalue weighted by molar-refractivity contribution is -0.274. The van der Waals surface area contributed by atoms with Gasteiger partial charge in [0.05, 0.1) is 17.1 Å². The fourth-order valence-corrected chi connectivity index (χ4v) is 5.35. The number of halogens is 5. The number of amidine groups is 1. The molecule has 0 aliphatic carbocycles. The summed E-state index contributed by atoms with van der Waals surface area (Å²) in [6.45, 7) is 5.82. The third-order valence-corrected chi connectivity index (χ3v) is 7.50. The fraction of sp³-hybridized carbons (Fsp3) is 0.194. The topological polar surface area (TPSA) is 102 Å². The first-order valence-electron chi connectivity index (χ1n) is 13.7.